The number of para-hydroxylation sites is 1. The first-order valence-corrected chi connectivity index (χ1v) is 8.25. The van der Waals surface area contributed by atoms with E-state index in [9.17, 15) is 0 Å². The Morgan fingerprint density at radius 3 is 2.52 bits per heavy atom. The van der Waals surface area contributed by atoms with Gasteiger partial charge >= 0.3 is 0 Å². The van der Waals surface area contributed by atoms with Crippen LogP contribution in [-0.2, 0) is 0 Å². The molecule has 0 aromatic heterocycles. The summed E-state index contributed by atoms with van der Waals surface area (Å²) in [4.78, 5) is 0. The highest BCUT2D eigenvalue weighted by Gasteiger charge is 2.37. The molecule has 0 aliphatic heterocycles. The molecule has 1 aromatic carbocycles. The van der Waals surface area contributed by atoms with Gasteiger partial charge in [-0.15, -0.1) is 0 Å². The molecule has 2 nitrogen and oxygen atoms in total. The summed E-state index contributed by atoms with van der Waals surface area (Å²) in [6.07, 6.45) is 3.93. The Kier molecular flexibility index (Phi) is 5.32. The molecule has 21 heavy (non-hydrogen) atoms. The summed E-state index contributed by atoms with van der Waals surface area (Å²) in [7, 11) is 3.85. The second-order valence-electron chi connectivity index (χ2n) is 7.54. The number of hydrogen-bond acceptors (Lipinski definition) is 2. The van der Waals surface area contributed by atoms with E-state index >= 15 is 0 Å². The molecule has 1 fully saturated rings. The highest BCUT2D eigenvalue weighted by molar-refractivity contribution is 5.37. The molecule has 1 aromatic rings. The lowest BCUT2D eigenvalue weighted by molar-refractivity contribution is 0.129. The van der Waals surface area contributed by atoms with Crippen molar-refractivity contribution in [2.24, 2.45) is 17.3 Å². The monoisotopic (exact) mass is 289 g/mol. The molecule has 0 saturated heterocycles. The maximum absolute atomic E-state index is 5.63. The van der Waals surface area contributed by atoms with Crippen LogP contribution in [-0.4, -0.2) is 20.7 Å². The second kappa shape index (κ2) is 6.83. The van der Waals surface area contributed by atoms with Crippen LogP contribution >= 0.6 is 0 Å². The molecule has 3 unspecified atom stereocenters. The zero-order valence-electron chi connectivity index (χ0n) is 14.3. The van der Waals surface area contributed by atoms with Gasteiger partial charge in [0.25, 0.3) is 0 Å². The Labute approximate surface area is 130 Å². The van der Waals surface area contributed by atoms with E-state index in [2.05, 4.69) is 57.4 Å². The number of benzene rings is 1. The van der Waals surface area contributed by atoms with Gasteiger partial charge in [-0.05, 0) is 67.7 Å². The highest BCUT2D eigenvalue weighted by atomic mass is 16.5. The molecule has 0 radical (unpaired) electrons. The molecule has 1 aliphatic rings. The van der Waals surface area contributed by atoms with Crippen LogP contribution in [0.15, 0.2) is 24.3 Å². The van der Waals surface area contributed by atoms with Gasteiger partial charge in [0, 0.05) is 0 Å². The van der Waals surface area contributed by atoms with Crippen LogP contribution < -0.4 is 10.1 Å². The maximum Gasteiger partial charge on any atom is 0.122 e. The molecular formula is C19H31NO. The van der Waals surface area contributed by atoms with E-state index in [1.807, 2.05) is 0 Å². The molecule has 0 bridgehead atoms. The summed E-state index contributed by atoms with van der Waals surface area (Å²) >= 11 is 0. The summed E-state index contributed by atoms with van der Waals surface area (Å²) in [5.41, 5.74) is 1.79. The second-order valence-corrected chi connectivity index (χ2v) is 7.54. The van der Waals surface area contributed by atoms with Crippen LogP contribution in [0.25, 0.3) is 0 Å². The lowest BCUT2D eigenvalue weighted by atomic mass is 9.64. The van der Waals surface area contributed by atoms with Gasteiger partial charge in [0.05, 0.1) is 7.11 Å². The zero-order chi connectivity index (χ0) is 15.5. The van der Waals surface area contributed by atoms with E-state index in [1.165, 1.54) is 24.8 Å². The number of rotatable bonds is 4. The van der Waals surface area contributed by atoms with E-state index in [1.54, 1.807) is 7.11 Å². The van der Waals surface area contributed by atoms with E-state index in [-0.39, 0.29) is 0 Å². The smallest absolute Gasteiger partial charge is 0.122 e. The predicted molar refractivity (Wildman–Crippen MR) is 89.9 cm³/mol. The van der Waals surface area contributed by atoms with Crippen molar-refractivity contribution >= 4 is 0 Å². The summed E-state index contributed by atoms with van der Waals surface area (Å²) in [5, 5.41) is 3.39. The molecule has 118 valence electrons. The van der Waals surface area contributed by atoms with E-state index < -0.39 is 0 Å². The van der Waals surface area contributed by atoms with E-state index in [0.717, 1.165) is 18.2 Å². The van der Waals surface area contributed by atoms with Gasteiger partial charge in [-0.3, -0.25) is 0 Å². The van der Waals surface area contributed by atoms with Crippen molar-refractivity contribution in [2.45, 2.75) is 46.0 Å². The Morgan fingerprint density at radius 2 is 1.90 bits per heavy atom. The largest absolute Gasteiger partial charge is 0.496 e. The summed E-state index contributed by atoms with van der Waals surface area (Å²) in [6, 6.07) is 8.58. The molecule has 3 atom stereocenters. The normalized spacial score (nSPS) is 26.6. The van der Waals surface area contributed by atoms with Crippen molar-refractivity contribution < 1.29 is 4.74 Å². The Hall–Kier alpha value is -1.02. The van der Waals surface area contributed by atoms with Crippen LogP contribution in [0.5, 0.6) is 5.75 Å². The number of methoxy groups -OCH3 is 1. The van der Waals surface area contributed by atoms with Gasteiger partial charge < -0.3 is 10.1 Å². The first-order valence-electron chi connectivity index (χ1n) is 8.25. The molecule has 2 rings (SSSR count). The standard InChI is InChI=1S/C19H31NO/c1-19(2,3)15-11-10-14(13-20-4)17(12-15)16-8-6-7-9-18(16)21-5/h6-9,14-15,17,20H,10-13H2,1-5H3. The van der Waals surface area contributed by atoms with Crippen LogP contribution in [0.2, 0.25) is 0 Å². The molecule has 0 amide bonds. The molecule has 1 N–H and O–H groups in total. The molecular weight excluding hydrogens is 258 g/mol. The lowest BCUT2D eigenvalue weighted by Gasteiger charge is -2.42. The minimum absolute atomic E-state index is 0.394. The number of nitrogens with one attached hydrogen (secondary N) is 1. The molecule has 2 heteroatoms. The van der Waals surface area contributed by atoms with Crippen molar-refractivity contribution in [3.8, 4) is 5.75 Å². The topological polar surface area (TPSA) is 21.3 Å². The van der Waals surface area contributed by atoms with Gasteiger partial charge in [0.2, 0.25) is 0 Å². The minimum Gasteiger partial charge on any atom is -0.496 e. The van der Waals surface area contributed by atoms with Gasteiger partial charge in [0.1, 0.15) is 5.75 Å². The van der Waals surface area contributed by atoms with Gasteiger partial charge in [0.15, 0.2) is 0 Å². The summed E-state index contributed by atoms with van der Waals surface area (Å²) in [5.74, 6) is 3.16. The molecule has 0 spiro atoms. The summed E-state index contributed by atoms with van der Waals surface area (Å²) < 4.78 is 5.63. The fraction of sp³-hybridized carbons (Fsp3) is 0.684. The molecule has 1 saturated carbocycles. The average Bonchev–Trinajstić information content (AvgIpc) is 2.47. The van der Waals surface area contributed by atoms with Gasteiger partial charge in [-0.25, -0.2) is 0 Å². The van der Waals surface area contributed by atoms with Crippen LogP contribution in [0.3, 0.4) is 0 Å². The SMILES string of the molecule is CNCC1CCC(C(C)(C)C)CC1c1ccccc1OC. The number of ether oxygens (including phenoxy) is 1. The van der Waals surface area contributed by atoms with Crippen LogP contribution in [0.1, 0.15) is 51.5 Å². The number of hydrogen-bond donors (Lipinski definition) is 1. The van der Waals surface area contributed by atoms with Crippen molar-refractivity contribution in [1.29, 1.82) is 0 Å². The molecule has 1 aliphatic carbocycles. The van der Waals surface area contributed by atoms with Crippen molar-refractivity contribution in [3.05, 3.63) is 29.8 Å². The Bertz CT molecular complexity index is 449. The van der Waals surface area contributed by atoms with Gasteiger partial charge in [-0.1, -0.05) is 39.0 Å². The zero-order valence-corrected chi connectivity index (χ0v) is 14.3. The van der Waals surface area contributed by atoms with Crippen molar-refractivity contribution in [3.63, 3.8) is 0 Å². The highest BCUT2D eigenvalue weighted by Crippen LogP contribution is 2.48. The van der Waals surface area contributed by atoms with Crippen molar-refractivity contribution in [2.75, 3.05) is 20.7 Å². The van der Waals surface area contributed by atoms with Crippen LogP contribution in [0, 0.1) is 17.3 Å². The average molecular weight is 289 g/mol. The van der Waals surface area contributed by atoms with Crippen molar-refractivity contribution in [1.82, 2.24) is 5.32 Å². The predicted octanol–water partition coefficient (Wildman–Crippen LogP) is 4.46. The van der Waals surface area contributed by atoms with Gasteiger partial charge in [-0.2, -0.15) is 0 Å². The molecule has 0 heterocycles. The van der Waals surface area contributed by atoms with E-state index in [4.69, 9.17) is 4.74 Å². The Morgan fingerprint density at radius 1 is 1.19 bits per heavy atom. The maximum atomic E-state index is 5.63. The fourth-order valence-corrected chi connectivity index (χ4v) is 3.88. The summed E-state index contributed by atoms with van der Waals surface area (Å²) in [6.45, 7) is 8.25. The lowest BCUT2D eigenvalue weighted by Crippen LogP contribution is -2.35. The quantitative estimate of drug-likeness (QED) is 0.883. The third-order valence-corrected chi connectivity index (χ3v) is 5.22. The minimum atomic E-state index is 0.394. The third-order valence-electron chi connectivity index (χ3n) is 5.22. The first kappa shape index (κ1) is 16.4. The Balaban J connectivity index is 2.29. The fourth-order valence-electron chi connectivity index (χ4n) is 3.88. The third kappa shape index (κ3) is 3.79. The van der Waals surface area contributed by atoms with Crippen LogP contribution in [0.4, 0.5) is 0 Å². The van der Waals surface area contributed by atoms with E-state index in [0.29, 0.717) is 17.3 Å². The first-order chi connectivity index (χ1) is 9.97.